The predicted octanol–water partition coefficient (Wildman–Crippen LogP) is 3.68. The first-order chi connectivity index (χ1) is 8.82. The molecule has 2 aromatic carbocycles. The van der Waals surface area contributed by atoms with Gasteiger partial charge in [0.1, 0.15) is 0 Å². The second-order valence-corrected chi connectivity index (χ2v) is 6.99. The van der Waals surface area contributed by atoms with Gasteiger partial charge in [-0.05, 0) is 0 Å². The summed E-state index contributed by atoms with van der Waals surface area (Å²) in [7, 11) is 5.33. The fourth-order valence-corrected chi connectivity index (χ4v) is 4.06. The van der Waals surface area contributed by atoms with Crippen molar-refractivity contribution >= 4 is 24.6 Å². The van der Waals surface area contributed by atoms with E-state index in [-0.39, 0.29) is 0 Å². The average molecular weight is 354 g/mol. The van der Waals surface area contributed by atoms with Crippen molar-refractivity contribution in [1.29, 1.82) is 0 Å². The minimum absolute atomic E-state index is 0.913. The van der Waals surface area contributed by atoms with E-state index < -0.39 is 71.8 Å². The Bertz CT molecular complexity index is 701. The van der Waals surface area contributed by atoms with Crippen molar-refractivity contribution in [2.75, 3.05) is 0 Å². The molecule has 0 fully saturated rings. The van der Waals surface area contributed by atoms with Gasteiger partial charge >= 0.3 is 112 Å². The maximum absolute atomic E-state index is 13.7. The molecule has 0 aliphatic heterocycles. The number of fused-ring (bicyclic) bond motifs is 1. The zero-order valence-electron chi connectivity index (χ0n) is 8.73. The van der Waals surface area contributed by atoms with Crippen LogP contribution < -0.4 is 4.16 Å². The normalized spacial score (nSPS) is 10.9. The topological polar surface area (TPSA) is 0 Å². The van der Waals surface area contributed by atoms with E-state index in [1.807, 2.05) is 0 Å². The first-order valence-corrected chi connectivity index (χ1v) is 10.1. The van der Waals surface area contributed by atoms with E-state index in [2.05, 4.69) is 0 Å². The summed E-state index contributed by atoms with van der Waals surface area (Å²) in [5.74, 6) is -14.5. The van der Waals surface area contributed by atoms with Crippen molar-refractivity contribution in [2.45, 2.75) is 0 Å². The molecule has 0 unspecified atom stereocenters. The first kappa shape index (κ1) is 14.5. The quantitative estimate of drug-likeness (QED) is 0.317. The monoisotopic (exact) mass is 352 g/mol. The van der Waals surface area contributed by atoms with E-state index in [4.69, 9.17) is 9.69 Å². The van der Waals surface area contributed by atoms with Crippen LogP contribution in [0.4, 0.5) is 30.7 Å². The molecule has 2 rings (SSSR count). The van der Waals surface area contributed by atoms with Crippen molar-refractivity contribution < 1.29 is 46.9 Å². The van der Waals surface area contributed by atoms with Crippen molar-refractivity contribution in [3.05, 3.63) is 40.7 Å². The second-order valence-electron chi connectivity index (χ2n) is 3.56. The molecule has 0 spiro atoms. The third-order valence-corrected chi connectivity index (χ3v) is 5.81. The molecule has 9 heteroatoms. The van der Waals surface area contributed by atoms with E-state index in [0.717, 1.165) is 0 Å². The summed E-state index contributed by atoms with van der Waals surface area (Å²) in [4.78, 5) is 0. The Kier molecular flexibility index (Phi) is 3.75. The summed E-state index contributed by atoms with van der Waals surface area (Å²) in [5, 5.41) is -3.08. The third-order valence-electron chi connectivity index (χ3n) is 2.56. The molecule has 0 amide bonds. The standard InChI is InChI=1S/C10F7.ClH.Zn/c11-2-1-3(12)6(13)5-4(2)7(14)9(16)10(17)8(5)15;;/h;1H;/q;;+1/p-1. The number of hydrogen-bond acceptors (Lipinski definition) is 0. The summed E-state index contributed by atoms with van der Waals surface area (Å²) in [6, 6.07) is 0. The molecule has 0 atom stereocenters. The van der Waals surface area contributed by atoms with Gasteiger partial charge in [0.2, 0.25) is 0 Å². The molecule has 19 heavy (non-hydrogen) atoms. The van der Waals surface area contributed by atoms with Gasteiger partial charge in [0.25, 0.3) is 0 Å². The fraction of sp³-hybridized carbons (Fsp3) is 0. The Hall–Kier alpha value is -0.877. The van der Waals surface area contributed by atoms with Gasteiger partial charge in [-0.25, -0.2) is 0 Å². The van der Waals surface area contributed by atoms with Crippen LogP contribution >= 0.6 is 9.69 Å². The van der Waals surface area contributed by atoms with E-state index in [0.29, 0.717) is 0 Å². The van der Waals surface area contributed by atoms with Crippen LogP contribution in [-0.4, -0.2) is 0 Å². The summed E-state index contributed by atoms with van der Waals surface area (Å²) in [6.07, 6.45) is 0. The zero-order chi connectivity index (χ0) is 14.5. The molecule has 0 heterocycles. The second kappa shape index (κ2) is 4.91. The van der Waals surface area contributed by atoms with E-state index in [1.54, 1.807) is 0 Å². The SMILES string of the molecule is Fc1c(F)c(F)c2c(F)[c]([Zn][Cl])c(F)c(F)c2c1F. The van der Waals surface area contributed by atoms with Crippen LogP contribution in [0, 0.1) is 40.7 Å². The molecule has 0 bridgehead atoms. The summed E-state index contributed by atoms with van der Waals surface area (Å²) >= 11 is -2.59. The molecule has 0 N–H and O–H groups in total. The Morgan fingerprint density at radius 3 is 1.32 bits per heavy atom. The number of rotatable bonds is 1. The molecule has 2 aromatic rings. The van der Waals surface area contributed by atoms with Crippen LogP contribution in [0.15, 0.2) is 0 Å². The van der Waals surface area contributed by atoms with Crippen molar-refractivity contribution in [1.82, 2.24) is 0 Å². The zero-order valence-corrected chi connectivity index (χ0v) is 12.5. The van der Waals surface area contributed by atoms with E-state index in [1.165, 1.54) is 0 Å². The number of halogens is 8. The summed E-state index contributed by atoms with van der Waals surface area (Å²) < 4.78 is 92.3. The third kappa shape index (κ3) is 1.92. The van der Waals surface area contributed by atoms with Gasteiger partial charge in [0.15, 0.2) is 0 Å². The molecule has 98 valence electrons. The van der Waals surface area contributed by atoms with Gasteiger partial charge in [0.05, 0.1) is 0 Å². The Morgan fingerprint density at radius 1 is 0.526 bits per heavy atom. The van der Waals surface area contributed by atoms with Crippen LogP contribution in [0.1, 0.15) is 0 Å². The molecule has 0 aliphatic carbocycles. The summed E-state index contributed by atoms with van der Waals surface area (Å²) in [6.45, 7) is 0. The van der Waals surface area contributed by atoms with Gasteiger partial charge in [-0.3, -0.25) is 0 Å². The van der Waals surface area contributed by atoms with Crippen molar-refractivity contribution in [2.24, 2.45) is 0 Å². The van der Waals surface area contributed by atoms with Gasteiger partial charge in [0, 0.05) is 0 Å². The molecular formula is C10ClF7Zn. The molecule has 0 radical (unpaired) electrons. The maximum atomic E-state index is 13.7. The minimum atomic E-state index is -2.59. The van der Waals surface area contributed by atoms with Gasteiger partial charge in [-0.15, -0.1) is 0 Å². The number of benzene rings is 2. The van der Waals surface area contributed by atoms with Gasteiger partial charge in [-0.2, -0.15) is 0 Å². The van der Waals surface area contributed by atoms with Crippen LogP contribution in [0.5, 0.6) is 0 Å². The van der Waals surface area contributed by atoms with Crippen LogP contribution in [0.2, 0.25) is 0 Å². The Balaban J connectivity index is 3.18. The molecule has 0 aromatic heterocycles. The predicted molar refractivity (Wildman–Crippen MR) is 49.1 cm³/mol. The van der Waals surface area contributed by atoms with E-state index in [9.17, 15) is 30.7 Å². The molecule has 0 saturated heterocycles. The fourth-order valence-electron chi connectivity index (χ4n) is 1.65. The van der Waals surface area contributed by atoms with Crippen molar-refractivity contribution in [3.63, 3.8) is 0 Å². The average Bonchev–Trinajstić information content (AvgIpc) is 2.38. The molecular weight excluding hydrogens is 354 g/mol. The van der Waals surface area contributed by atoms with Crippen LogP contribution in [-0.2, 0) is 16.1 Å². The number of hydrogen-bond donors (Lipinski definition) is 0. The van der Waals surface area contributed by atoms with Crippen molar-refractivity contribution in [3.8, 4) is 0 Å². The molecule has 0 saturated carbocycles. The van der Waals surface area contributed by atoms with Crippen LogP contribution in [0.3, 0.4) is 0 Å². The van der Waals surface area contributed by atoms with Gasteiger partial charge < -0.3 is 0 Å². The van der Waals surface area contributed by atoms with E-state index >= 15 is 0 Å². The summed E-state index contributed by atoms with van der Waals surface area (Å²) in [5.41, 5.74) is 0. The Labute approximate surface area is 112 Å². The first-order valence-electron chi connectivity index (χ1n) is 4.69. The molecule has 0 nitrogen and oxygen atoms in total. The Morgan fingerprint density at radius 2 is 0.895 bits per heavy atom. The molecule has 0 aliphatic rings. The van der Waals surface area contributed by atoms with Crippen LogP contribution in [0.25, 0.3) is 10.8 Å². The van der Waals surface area contributed by atoms with Gasteiger partial charge in [-0.1, -0.05) is 0 Å².